The quantitative estimate of drug-likeness (QED) is 0.516. The Bertz CT molecular complexity index is 578. The average molecular weight is 277 g/mol. The molecule has 0 atom stereocenters. The number of H-pyrrole nitrogens is 1. The molecule has 0 spiro atoms. The van der Waals surface area contributed by atoms with Crippen LogP contribution in [0.25, 0.3) is 0 Å². The van der Waals surface area contributed by atoms with E-state index in [0.29, 0.717) is 0 Å². The van der Waals surface area contributed by atoms with E-state index in [1.54, 1.807) is 23.9 Å². The molecule has 0 fully saturated rings. The maximum Gasteiger partial charge on any atom is 0.269 e. The standard InChI is InChI=1S/C13H15N3O2S/c1-3-12-9(2)14-13(15-12)19-8-10-4-6-11(7-5-10)16(17)18/h4-7H,3,8H2,1-2H3,(H,14,15). The molecule has 0 unspecified atom stereocenters. The molecule has 0 aliphatic carbocycles. The Morgan fingerprint density at radius 3 is 2.58 bits per heavy atom. The van der Waals surface area contributed by atoms with Crippen LogP contribution in [0.1, 0.15) is 23.9 Å². The molecular formula is C13H15N3O2S. The lowest BCUT2D eigenvalue weighted by atomic mass is 10.2. The van der Waals surface area contributed by atoms with Gasteiger partial charge in [0.2, 0.25) is 0 Å². The van der Waals surface area contributed by atoms with Crippen molar-refractivity contribution in [2.45, 2.75) is 31.2 Å². The van der Waals surface area contributed by atoms with Gasteiger partial charge in [-0.3, -0.25) is 10.1 Å². The van der Waals surface area contributed by atoms with Crippen LogP contribution in [0.15, 0.2) is 29.4 Å². The minimum Gasteiger partial charge on any atom is -0.337 e. The maximum absolute atomic E-state index is 10.6. The highest BCUT2D eigenvalue weighted by molar-refractivity contribution is 7.98. The van der Waals surface area contributed by atoms with Gasteiger partial charge >= 0.3 is 0 Å². The first-order valence-corrected chi connectivity index (χ1v) is 7.00. The number of hydrogen-bond acceptors (Lipinski definition) is 4. The second kappa shape index (κ2) is 5.88. The highest BCUT2D eigenvalue weighted by Gasteiger charge is 2.07. The van der Waals surface area contributed by atoms with Gasteiger partial charge in [-0.15, -0.1) is 0 Å². The van der Waals surface area contributed by atoms with Gasteiger partial charge in [0, 0.05) is 23.6 Å². The minimum atomic E-state index is -0.389. The van der Waals surface area contributed by atoms with Crippen molar-refractivity contribution in [3.63, 3.8) is 0 Å². The van der Waals surface area contributed by atoms with Gasteiger partial charge < -0.3 is 4.98 Å². The fourth-order valence-electron chi connectivity index (χ4n) is 1.75. The molecule has 19 heavy (non-hydrogen) atoms. The van der Waals surface area contributed by atoms with Crippen molar-refractivity contribution in [2.75, 3.05) is 0 Å². The van der Waals surface area contributed by atoms with Crippen LogP contribution in [0.5, 0.6) is 0 Å². The number of nitrogens with zero attached hydrogens (tertiary/aromatic N) is 2. The summed E-state index contributed by atoms with van der Waals surface area (Å²) in [7, 11) is 0. The fourth-order valence-corrected chi connectivity index (χ4v) is 2.64. The predicted molar refractivity (Wildman–Crippen MR) is 75.4 cm³/mol. The van der Waals surface area contributed by atoms with Gasteiger partial charge in [-0.1, -0.05) is 30.8 Å². The predicted octanol–water partition coefficient (Wildman–Crippen LogP) is 3.48. The maximum atomic E-state index is 10.6. The number of aryl methyl sites for hydroxylation is 2. The van der Waals surface area contributed by atoms with E-state index < -0.39 is 0 Å². The molecule has 6 heteroatoms. The molecule has 1 N–H and O–H groups in total. The number of rotatable bonds is 5. The Morgan fingerprint density at radius 2 is 2.05 bits per heavy atom. The van der Waals surface area contributed by atoms with Gasteiger partial charge in [-0.2, -0.15) is 0 Å². The molecule has 2 rings (SSSR count). The van der Waals surface area contributed by atoms with Crippen LogP contribution in [0.4, 0.5) is 5.69 Å². The summed E-state index contributed by atoms with van der Waals surface area (Å²) in [6.45, 7) is 4.09. The summed E-state index contributed by atoms with van der Waals surface area (Å²) >= 11 is 1.60. The lowest BCUT2D eigenvalue weighted by Crippen LogP contribution is -1.88. The van der Waals surface area contributed by atoms with E-state index in [2.05, 4.69) is 16.9 Å². The van der Waals surface area contributed by atoms with E-state index >= 15 is 0 Å². The van der Waals surface area contributed by atoms with Crippen LogP contribution in [0.2, 0.25) is 0 Å². The molecule has 2 aromatic rings. The molecule has 1 aromatic carbocycles. The van der Waals surface area contributed by atoms with Gasteiger partial charge in [-0.05, 0) is 18.9 Å². The van der Waals surface area contributed by atoms with E-state index in [9.17, 15) is 10.1 Å². The number of hydrogen-bond donors (Lipinski definition) is 1. The second-order valence-corrected chi connectivity index (χ2v) is 5.14. The Kier molecular flexibility index (Phi) is 4.21. The third kappa shape index (κ3) is 3.35. The third-order valence-corrected chi connectivity index (χ3v) is 3.77. The topological polar surface area (TPSA) is 71.8 Å². The van der Waals surface area contributed by atoms with Gasteiger partial charge in [0.15, 0.2) is 5.16 Å². The molecule has 1 aromatic heterocycles. The van der Waals surface area contributed by atoms with Crippen LogP contribution < -0.4 is 0 Å². The number of aromatic nitrogens is 2. The lowest BCUT2D eigenvalue weighted by Gasteiger charge is -1.99. The zero-order valence-corrected chi connectivity index (χ0v) is 11.7. The third-order valence-electron chi connectivity index (χ3n) is 2.82. The van der Waals surface area contributed by atoms with Crippen LogP contribution in [0.3, 0.4) is 0 Å². The van der Waals surface area contributed by atoms with Crippen molar-refractivity contribution >= 4 is 17.4 Å². The summed E-state index contributed by atoms with van der Waals surface area (Å²) < 4.78 is 0. The van der Waals surface area contributed by atoms with E-state index in [1.165, 1.54) is 12.1 Å². The van der Waals surface area contributed by atoms with Crippen molar-refractivity contribution in [1.29, 1.82) is 0 Å². The summed E-state index contributed by atoms with van der Waals surface area (Å²) in [5, 5.41) is 11.4. The molecule has 0 saturated carbocycles. The zero-order valence-electron chi connectivity index (χ0n) is 10.8. The van der Waals surface area contributed by atoms with Crippen LogP contribution in [-0.2, 0) is 12.2 Å². The van der Waals surface area contributed by atoms with E-state index in [4.69, 9.17) is 0 Å². The van der Waals surface area contributed by atoms with Crippen molar-refractivity contribution in [3.8, 4) is 0 Å². The van der Waals surface area contributed by atoms with E-state index in [0.717, 1.165) is 34.3 Å². The molecule has 0 aliphatic heterocycles. The number of nitro benzene ring substituents is 1. The lowest BCUT2D eigenvalue weighted by molar-refractivity contribution is -0.384. The molecule has 0 radical (unpaired) electrons. The molecule has 1 heterocycles. The normalized spacial score (nSPS) is 10.6. The Morgan fingerprint density at radius 1 is 1.37 bits per heavy atom. The average Bonchev–Trinajstić information content (AvgIpc) is 2.77. The second-order valence-electron chi connectivity index (χ2n) is 4.18. The molecule has 0 aliphatic rings. The highest BCUT2D eigenvalue weighted by atomic mass is 32.2. The van der Waals surface area contributed by atoms with Crippen LogP contribution in [0, 0.1) is 17.0 Å². The monoisotopic (exact) mass is 277 g/mol. The van der Waals surface area contributed by atoms with E-state index in [1.807, 2.05) is 6.92 Å². The van der Waals surface area contributed by atoms with Gasteiger partial charge in [-0.25, -0.2) is 4.98 Å². The molecule has 0 saturated heterocycles. The molecule has 0 bridgehead atoms. The number of aromatic amines is 1. The Balaban J connectivity index is 1.99. The Hall–Kier alpha value is -1.82. The van der Waals surface area contributed by atoms with Crippen LogP contribution >= 0.6 is 11.8 Å². The van der Waals surface area contributed by atoms with Crippen molar-refractivity contribution in [2.24, 2.45) is 0 Å². The summed E-state index contributed by atoms with van der Waals surface area (Å²) in [6.07, 6.45) is 0.917. The van der Waals surface area contributed by atoms with Gasteiger partial charge in [0.25, 0.3) is 5.69 Å². The number of thioether (sulfide) groups is 1. The fraction of sp³-hybridized carbons (Fsp3) is 0.308. The molecule has 0 amide bonds. The first-order valence-electron chi connectivity index (χ1n) is 6.01. The van der Waals surface area contributed by atoms with Crippen molar-refractivity contribution in [1.82, 2.24) is 9.97 Å². The largest absolute Gasteiger partial charge is 0.337 e. The van der Waals surface area contributed by atoms with Crippen molar-refractivity contribution < 1.29 is 4.92 Å². The highest BCUT2D eigenvalue weighted by Crippen LogP contribution is 2.22. The summed E-state index contributed by atoms with van der Waals surface area (Å²) in [6, 6.07) is 6.62. The molecule has 100 valence electrons. The number of nitro groups is 1. The van der Waals surface area contributed by atoms with Crippen molar-refractivity contribution in [3.05, 3.63) is 51.3 Å². The summed E-state index contributed by atoms with van der Waals surface area (Å²) in [4.78, 5) is 17.9. The number of imidazole rings is 1. The molecule has 5 nitrogen and oxygen atoms in total. The van der Waals surface area contributed by atoms with Gasteiger partial charge in [0.1, 0.15) is 0 Å². The van der Waals surface area contributed by atoms with E-state index in [-0.39, 0.29) is 10.6 Å². The van der Waals surface area contributed by atoms with Gasteiger partial charge in [0.05, 0.1) is 10.6 Å². The SMILES string of the molecule is CCc1nc(SCc2ccc([N+](=O)[O-])cc2)[nH]c1C. The molecular weight excluding hydrogens is 262 g/mol. The first kappa shape index (κ1) is 13.6. The first-order chi connectivity index (χ1) is 9.10. The number of non-ortho nitro benzene ring substituents is 1. The summed E-state index contributed by atoms with van der Waals surface area (Å²) in [5.41, 5.74) is 3.36. The minimum absolute atomic E-state index is 0.121. The zero-order chi connectivity index (χ0) is 13.8. The number of nitrogens with one attached hydrogen (secondary N) is 1. The number of benzene rings is 1. The van der Waals surface area contributed by atoms with Crippen LogP contribution in [-0.4, -0.2) is 14.9 Å². The Labute approximate surface area is 115 Å². The smallest absolute Gasteiger partial charge is 0.269 e. The summed E-state index contributed by atoms with van der Waals surface area (Å²) in [5.74, 6) is 0.744.